The zero-order valence-corrected chi connectivity index (χ0v) is 8.84. The van der Waals surface area contributed by atoms with Gasteiger partial charge in [-0.25, -0.2) is 0 Å². The van der Waals surface area contributed by atoms with Gasteiger partial charge in [-0.1, -0.05) is 6.58 Å². The summed E-state index contributed by atoms with van der Waals surface area (Å²) in [7, 11) is 1.04. The van der Waals surface area contributed by atoms with Crippen molar-refractivity contribution in [3.8, 4) is 0 Å². The summed E-state index contributed by atoms with van der Waals surface area (Å²) in [5.74, 6) is 0. The molecule has 0 radical (unpaired) electrons. The summed E-state index contributed by atoms with van der Waals surface area (Å²) in [4.78, 5) is 11.4. The lowest BCUT2D eigenvalue weighted by Crippen LogP contribution is -2.51. The minimum Gasteiger partial charge on any atom is -0.372 e. The average molecular weight is 190 g/mol. The standard InChI is InChI=1S/C7H14O4Si/c1-6(2)7(8)12(9-3,10-4)11-5/h1H2,2-5H3. The quantitative estimate of drug-likeness (QED) is 0.469. The first kappa shape index (κ1) is 11.5. The van der Waals surface area contributed by atoms with E-state index in [0.29, 0.717) is 5.57 Å². The summed E-state index contributed by atoms with van der Waals surface area (Å²) in [5.41, 5.74) is 0.382. The van der Waals surface area contributed by atoms with Crippen LogP contribution in [0.25, 0.3) is 0 Å². The minimum atomic E-state index is -3.12. The fourth-order valence-corrected chi connectivity index (χ4v) is 2.37. The zero-order valence-electron chi connectivity index (χ0n) is 7.84. The molecule has 0 spiro atoms. The highest BCUT2D eigenvalue weighted by Crippen LogP contribution is 2.11. The molecule has 0 N–H and O–H groups in total. The minimum absolute atomic E-state index is 0.282. The van der Waals surface area contributed by atoms with Gasteiger partial charge in [0.1, 0.15) is 0 Å². The summed E-state index contributed by atoms with van der Waals surface area (Å²) in [5, 5.41) is -0.282. The van der Waals surface area contributed by atoms with Crippen molar-refractivity contribution in [2.45, 2.75) is 6.92 Å². The Hall–Kier alpha value is -0.493. The molecule has 0 saturated carbocycles. The Balaban J connectivity index is 4.71. The van der Waals surface area contributed by atoms with Gasteiger partial charge in [0.05, 0.1) is 0 Å². The number of hydrogen-bond donors (Lipinski definition) is 0. The van der Waals surface area contributed by atoms with Crippen LogP contribution in [-0.2, 0) is 18.1 Å². The van der Waals surface area contributed by atoms with Crippen LogP contribution in [0.3, 0.4) is 0 Å². The van der Waals surface area contributed by atoms with E-state index >= 15 is 0 Å². The van der Waals surface area contributed by atoms with Gasteiger partial charge in [-0.3, -0.25) is 4.79 Å². The monoisotopic (exact) mass is 190 g/mol. The van der Waals surface area contributed by atoms with Crippen molar-refractivity contribution in [2.75, 3.05) is 21.3 Å². The average Bonchev–Trinajstić information content (AvgIpc) is 2.08. The lowest BCUT2D eigenvalue weighted by atomic mass is 10.4. The molecule has 0 rings (SSSR count). The number of carbonyl (C=O) groups excluding carboxylic acids is 1. The molecule has 70 valence electrons. The van der Waals surface area contributed by atoms with Gasteiger partial charge in [0, 0.05) is 21.3 Å². The number of rotatable bonds is 5. The maximum atomic E-state index is 11.4. The second-order valence-corrected chi connectivity index (χ2v) is 5.07. The molecule has 0 bridgehead atoms. The van der Waals surface area contributed by atoms with Crippen LogP contribution in [0, 0.1) is 0 Å². The molecule has 0 aromatic rings. The second kappa shape index (κ2) is 4.51. The van der Waals surface area contributed by atoms with E-state index < -0.39 is 8.80 Å². The largest absolute Gasteiger partial charge is 0.578 e. The van der Waals surface area contributed by atoms with Gasteiger partial charge < -0.3 is 13.3 Å². The van der Waals surface area contributed by atoms with Crippen LogP contribution in [0.15, 0.2) is 12.2 Å². The lowest BCUT2D eigenvalue weighted by molar-refractivity contribution is -0.114. The van der Waals surface area contributed by atoms with Crippen molar-refractivity contribution >= 4 is 14.2 Å². The van der Waals surface area contributed by atoms with E-state index in [1.54, 1.807) is 6.92 Å². The molecule has 0 aliphatic rings. The molecule has 0 atom stereocenters. The molecular formula is C7H14O4Si. The van der Waals surface area contributed by atoms with Crippen LogP contribution in [0.2, 0.25) is 0 Å². The molecular weight excluding hydrogens is 176 g/mol. The van der Waals surface area contributed by atoms with Crippen LogP contribution in [0.5, 0.6) is 0 Å². The Bertz CT molecular complexity index is 178. The summed E-state index contributed by atoms with van der Waals surface area (Å²) in [6, 6.07) is 0. The third-order valence-corrected chi connectivity index (χ3v) is 4.07. The maximum Gasteiger partial charge on any atom is 0.578 e. The predicted molar refractivity (Wildman–Crippen MR) is 46.6 cm³/mol. The van der Waals surface area contributed by atoms with Gasteiger partial charge in [-0.2, -0.15) is 0 Å². The molecule has 12 heavy (non-hydrogen) atoms. The SMILES string of the molecule is C=C(C)C(=O)[Si](OC)(OC)OC. The topological polar surface area (TPSA) is 44.8 Å². The molecule has 0 aromatic heterocycles. The highest BCUT2D eigenvalue weighted by Gasteiger charge is 2.47. The van der Waals surface area contributed by atoms with Crippen molar-refractivity contribution < 1.29 is 18.1 Å². The Morgan fingerprint density at radius 3 is 1.58 bits per heavy atom. The van der Waals surface area contributed by atoms with Crippen molar-refractivity contribution in [1.29, 1.82) is 0 Å². The van der Waals surface area contributed by atoms with E-state index in [-0.39, 0.29) is 5.41 Å². The first-order valence-electron chi connectivity index (χ1n) is 3.39. The van der Waals surface area contributed by atoms with E-state index in [9.17, 15) is 4.79 Å². The first-order valence-corrected chi connectivity index (χ1v) is 5.12. The van der Waals surface area contributed by atoms with Crippen molar-refractivity contribution in [3.05, 3.63) is 12.2 Å². The van der Waals surface area contributed by atoms with E-state index in [0.717, 1.165) is 0 Å². The van der Waals surface area contributed by atoms with E-state index in [2.05, 4.69) is 6.58 Å². The maximum absolute atomic E-state index is 11.4. The first-order chi connectivity index (χ1) is 5.54. The van der Waals surface area contributed by atoms with Gasteiger partial charge in [-0.15, -0.1) is 0 Å². The fourth-order valence-electron chi connectivity index (χ4n) is 0.789. The molecule has 4 nitrogen and oxygen atoms in total. The van der Waals surface area contributed by atoms with Gasteiger partial charge in [0.2, 0.25) is 5.41 Å². The van der Waals surface area contributed by atoms with E-state index in [1.807, 2.05) is 0 Å². The van der Waals surface area contributed by atoms with Crippen molar-refractivity contribution in [3.63, 3.8) is 0 Å². The summed E-state index contributed by atoms with van der Waals surface area (Å²) < 4.78 is 14.8. The van der Waals surface area contributed by atoms with Crippen LogP contribution >= 0.6 is 0 Å². The lowest BCUT2D eigenvalue weighted by Gasteiger charge is -2.22. The highest BCUT2D eigenvalue weighted by molar-refractivity contribution is 6.94. The number of hydrogen-bond acceptors (Lipinski definition) is 4. The zero-order chi connectivity index (χ0) is 9.78. The molecule has 0 aromatic carbocycles. The Morgan fingerprint density at radius 2 is 1.50 bits per heavy atom. The smallest absolute Gasteiger partial charge is 0.372 e. The van der Waals surface area contributed by atoms with Gasteiger partial charge in [-0.05, 0) is 12.5 Å². The molecule has 0 aliphatic carbocycles. The van der Waals surface area contributed by atoms with Crippen LogP contribution in [0.1, 0.15) is 6.92 Å². The third-order valence-electron chi connectivity index (χ3n) is 1.47. The molecule has 0 unspecified atom stereocenters. The van der Waals surface area contributed by atoms with E-state index in [4.69, 9.17) is 13.3 Å². The molecule has 5 heteroatoms. The predicted octanol–water partition coefficient (Wildman–Crippen LogP) is 0.549. The van der Waals surface area contributed by atoms with Gasteiger partial charge in [0.25, 0.3) is 0 Å². The Labute approximate surface area is 73.5 Å². The third kappa shape index (κ3) is 2.01. The van der Waals surface area contributed by atoms with Crippen LogP contribution in [0.4, 0.5) is 0 Å². The van der Waals surface area contributed by atoms with E-state index in [1.165, 1.54) is 21.3 Å². The van der Waals surface area contributed by atoms with Crippen molar-refractivity contribution in [2.24, 2.45) is 0 Å². The van der Waals surface area contributed by atoms with Crippen molar-refractivity contribution in [1.82, 2.24) is 0 Å². The Morgan fingerprint density at radius 1 is 1.17 bits per heavy atom. The number of allylic oxidation sites excluding steroid dienone is 1. The molecule has 0 fully saturated rings. The van der Waals surface area contributed by atoms with Crippen LogP contribution in [-0.4, -0.2) is 35.5 Å². The number of carbonyl (C=O) groups is 1. The molecule has 0 amide bonds. The van der Waals surface area contributed by atoms with Crippen LogP contribution < -0.4 is 0 Å². The molecule has 0 aliphatic heterocycles. The highest BCUT2D eigenvalue weighted by atomic mass is 28.4. The fraction of sp³-hybridized carbons (Fsp3) is 0.571. The summed E-state index contributed by atoms with van der Waals surface area (Å²) >= 11 is 0. The summed E-state index contributed by atoms with van der Waals surface area (Å²) in [6.45, 7) is 5.11. The normalized spacial score (nSPS) is 11.3. The van der Waals surface area contributed by atoms with Gasteiger partial charge in [0.15, 0.2) is 0 Å². The summed E-state index contributed by atoms with van der Waals surface area (Å²) in [6.07, 6.45) is 0. The molecule has 0 saturated heterocycles. The molecule has 0 heterocycles. The Kier molecular flexibility index (Phi) is 4.33. The second-order valence-electron chi connectivity index (χ2n) is 2.28. The van der Waals surface area contributed by atoms with Gasteiger partial charge >= 0.3 is 8.80 Å².